The summed E-state index contributed by atoms with van der Waals surface area (Å²) in [4.78, 5) is 15.7. The Morgan fingerprint density at radius 2 is 2.32 bits per heavy atom. The van der Waals surface area contributed by atoms with Crippen molar-refractivity contribution in [1.29, 1.82) is 0 Å². The molecule has 2 aromatic heterocycles. The lowest BCUT2D eigenvalue weighted by Crippen LogP contribution is -2.43. The second-order valence-corrected chi connectivity index (χ2v) is 6.19. The van der Waals surface area contributed by atoms with Crippen LogP contribution in [0.25, 0.3) is 0 Å². The monoisotopic (exact) mass is 321 g/mol. The number of aromatic nitrogens is 1. The fourth-order valence-corrected chi connectivity index (χ4v) is 3.39. The first-order valence-corrected chi connectivity index (χ1v) is 8.19. The summed E-state index contributed by atoms with van der Waals surface area (Å²) in [6, 6.07) is 5.96. The molecule has 1 fully saturated rings. The molecule has 0 unspecified atom stereocenters. The molecule has 1 aliphatic rings. The van der Waals surface area contributed by atoms with Crippen LogP contribution in [-0.4, -0.2) is 48.8 Å². The van der Waals surface area contributed by atoms with Gasteiger partial charge in [0.2, 0.25) is 0 Å². The predicted molar refractivity (Wildman–Crippen MR) is 83.0 cm³/mol. The lowest BCUT2D eigenvalue weighted by Gasteiger charge is -2.34. The van der Waals surface area contributed by atoms with Crippen LogP contribution in [0.15, 0.2) is 28.1 Å². The molecule has 0 aliphatic carbocycles. The van der Waals surface area contributed by atoms with Gasteiger partial charge in [0.1, 0.15) is 5.76 Å². The highest BCUT2D eigenvalue weighted by Crippen LogP contribution is 2.25. The summed E-state index contributed by atoms with van der Waals surface area (Å²) < 4.78 is 10.4. The summed E-state index contributed by atoms with van der Waals surface area (Å²) in [6.07, 6.45) is 0. The minimum Gasteiger partial charge on any atom is -0.379 e. The summed E-state index contributed by atoms with van der Waals surface area (Å²) in [7, 11) is 0. The van der Waals surface area contributed by atoms with Gasteiger partial charge in [-0.3, -0.25) is 9.69 Å². The Morgan fingerprint density at radius 3 is 2.95 bits per heavy atom. The number of rotatable bonds is 5. The van der Waals surface area contributed by atoms with Gasteiger partial charge in [-0.05, 0) is 18.4 Å². The van der Waals surface area contributed by atoms with E-state index in [-0.39, 0.29) is 11.9 Å². The van der Waals surface area contributed by atoms with Gasteiger partial charge >= 0.3 is 0 Å². The Labute approximate surface area is 133 Å². The van der Waals surface area contributed by atoms with Gasteiger partial charge < -0.3 is 14.6 Å². The van der Waals surface area contributed by atoms with Crippen LogP contribution in [0, 0.1) is 6.92 Å². The van der Waals surface area contributed by atoms with Crippen molar-refractivity contribution in [3.8, 4) is 0 Å². The number of ether oxygens (including phenoxy) is 1. The fraction of sp³-hybridized carbons (Fsp3) is 0.467. The molecule has 1 atom stereocenters. The molecule has 1 saturated heterocycles. The van der Waals surface area contributed by atoms with Gasteiger partial charge in [0.25, 0.3) is 5.91 Å². The number of hydrogen-bond donors (Lipinski definition) is 1. The topological polar surface area (TPSA) is 67.6 Å². The van der Waals surface area contributed by atoms with Crippen LogP contribution in [0.5, 0.6) is 0 Å². The van der Waals surface area contributed by atoms with Gasteiger partial charge in [0.05, 0.1) is 19.3 Å². The van der Waals surface area contributed by atoms with Crippen LogP contribution in [0.1, 0.15) is 27.2 Å². The van der Waals surface area contributed by atoms with E-state index in [1.807, 2.05) is 6.07 Å². The van der Waals surface area contributed by atoms with Crippen LogP contribution in [0.3, 0.4) is 0 Å². The SMILES string of the molecule is Cc1cc(C(=O)NC[C@H](c2cccs2)N2CCOCC2)no1. The van der Waals surface area contributed by atoms with Crippen molar-refractivity contribution in [2.24, 2.45) is 0 Å². The Morgan fingerprint density at radius 1 is 1.50 bits per heavy atom. The summed E-state index contributed by atoms with van der Waals surface area (Å²) in [5, 5.41) is 8.77. The second-order valence-electron chi connectivity index (χ2n) is 5.21. The third kappa shape index (κ3) is 3.55. The Balaban J connectivity index is 1.66. The molecule has 0 radical (unpaired) electrons. The predicted octanol–water partition coefficient (Wildman–Crippen LogP) is 1.85. The average Bonchev–Trinajstić information content (AvgIpc) is 3.20. The quantitative estimate of drug-likeness (QED) is 0.910. The molecule has 22 heavy (non-hydrogen) atoms. The number of amides is 1. The lowest BCUT2D eigenvalue weighted by atomic mass is 10.2. The molecule has 118 valence electrons. The molecule has 0 aromatic carbocycles. The number of nitrogens with zero attached hydrogens (tertiary/aromatic N) is 2. The number of carbonyl (C=O) groups is 1. The summed E-state index contributed by atoms with van der Waals surface area (Å²) in [5.41, 5.74) is 0.324. The maximum absolute atomic E-state index is 12.1. The van der Waals surface area contributed by atoms with Crippen LogP contribution >= 0.6 is 11.3 Å². The van der Waals surface area contributed by atoms with Crippen molar-refractivity contribution in [1.82, 2.24) is 15.4 Å². The van der Waals surface area contributed by atoms with Crippen molar-refractivity contribution in [2.75, 3.05) is 32.8 Å². The maximum atomic E-state index is 12.1. The molecule has 3 heterocycles. The van der Waals surface area contributed by atoms with E-state index in [9.17, 15) is 4.79 Å². The van der Waals surface area contributed by atoms with Crippen LogP contribution in [-0.2, 0) is 4.74 Å². The smallest absolute Gasteiger partial charge is 0.273 e. The summed E-state index contributed by atoms with van der Waals surface area (Å²) >= 11 is 1.71. The van der Waals surface area contributed by atoms with E-state index in [4.69, 9.17) is 9.26 Å². The van der Waals surface area contributed by atoms with Gasteiger partial charge in [-0.15, -0.1) is 11.3 Å². The van der Waals surface area contributed by atoms with E-state index in [1.54, 1.807) is 24.3 Å². The van der Waals surface area contributed by atoms with Crippen molar-refractivity contribution in [2.45, 2.75) is 13.0 Å². The molecule has 7 heteroatoms. The highest BCUT2D eigenvalue weighted by Gasteiger charge is 2.24. The summed E-state index contributed by atoms with van der Waals surface area (Å²) in [5.74, 6) is 0.430. The molecule has 3 rings (SSSR count). The molecule has 0 bridgehead atoms. The standard InChI is InChI=1S/C15H19N3O3S/c1-11-9-12(17-21-11)15(19)16-10-13(14-3-2-8-22-14)18-4-6-20-7-5-18/h2-3,8-9,13H,4-7,10H2,1H3,(H,16,19)/t13-/m1/s1. The second kappa shape index (κ2) is 7.04. The van der Waals surface area contributed by atoms with Gasteiger partial charge in [0, 0.05) is 30.6 Å². The summed E-state index contributed by atoms with van der Waals surface area (Å²) in [6.45, 7) is 5.54. The number of morpholine rings is 1. The highest BCUT2D eigenvalue weighted by molar-refractivity contribution is 7.10. The van der Waals surface area contributed by atoms with Crippen molar-refractivity contribution in [3.63, 3.8) is 0 Å². The van der Waals surface area contributed by atoms with Gasteiger partial charge in [-0.2, -0.15) is 0 Å². The van der Waals surface area contributed by atoms with Crippen molar-refractivity contribution < 1.29 is 14.1 Å². The Kier molecular flexibility index (Phi) is 4.87. The van der Waals surface area contributed by atoms with E-state index < -0.39 is 0 Å². The molecule has 0 spiro atoms. The lowest BCUT2D eigenvalue weighted by molar-refractivity contribution is 0.0169. The molecule has 1 N–H and O–H groups in total. The minimum atomic E-state index is -0.202. The zero-order valence-electron chi connectivity index (χ0n) is 12.4. The molecular weight excluding hydrogens is 302 g/mol. The minimum absolute atomic E-state index is 0.167. The van der Waals surface area contributed by atoms with E-state index in [0.29, 0.717) is 18.0 Å². The normalized spacial score (nSPS) is 17.3. The average molecular weight is 321 g/mol. The number of aryl methyl sites for hydroxylation is 1. The van der Waals surface area contributed by atoms with Crippen LogP contribution < -0.4 is 5.32 Å². The molecule has 1 amide bonds. The third-order valence-corrected chi connectivity index (χ3v) is 4.65. The van der Waals surface area contributed by atoms with Gasteiger partial charge in [0.15, 0.2) is 5.69 Å². The number of thiophene rings is 1. The van der Waals surface area contributed by atoms with Crippen molar-refractivity contribution >= 4 is 17.2 Å². The van der Waals surface area contributed by atoms with E-state index >= 15 is 0 Å². The number of carbonyl (C=O) groups excluding carboxylic acids is 1. The number of nitrogens with one attached hydrogen (secondary N) is 1. The van der Waals surface area contributed by atoms with Crippen molar-refractivity contribution in [3.05, 3.63) is 39.9 Å². The Hall–Kier alpha value is -1.70. The molecule has 0 saturated carbocycles. The Bertz CT molecular complexity index is 605. The molecule has 6 nitrogen and oxygen atoms in total. The molecule has 2 aromatic rings. The van der Waals surface area contributed by atoms with Crippen LogP contribution in [0.2, 0.25) is 0 Å². The van der Waals surface area contributed by atoms with Crippen LogP contribution in [0.4, 0.5) is 0 Å². The number of hydrogen-bond acceptors (Lipinski definition) is 6. The van der Waals surface area contributed by atoms with Gasteiger partial charge in [-0.25, -0.2) is 0 Å². The third-order valence-electron chi connectivity index (χ3n) is 3.67. The molecular formula is C15H19N3O3S. The first-order chi connectivity index (χ1) is 10.7. The highest BCUT2D eigenvalue weighted by atomic mass is 32.1. The van der Waals surface area contributed by atoms with Gasteiger partial charge in [-0.1, -0.05) is 11.2 Å². The zero-order valence-corrected chi connectivity index (χ0v) is 13.3. The molecule has 1 aliphatic heterocycles. The fourth-order valence-electron chi connectivity index (χ4n) is 2.53. The van der Waals surface area contributed by atoms with E-state index in [0.717, 1.165) is 26.3 Å². The maximum Gasteiger partial charge on any atom is 0.273 e. The zero-order chi connectivity index (χ0) is 15.4. The first kappa shape index (κ1) is 15.2. The largest absolute Gasteiger partial charge is 0.379 e. The van der Waals surface area contributed by atoms with E-state index in [1.165, 1.54) is 4.88 Å². The van der Waals surface area contributed by atoms with E-state index in [2.05, 4.69) is 26.8 Å². The first-order valence-electron chi connectivity index (χ1n) is 7.31.